The van der Waals surface area contributed by atoms with E-state index in [0.29, 0.717) is 19.6 Å². The van der Waals surface area contributed by atoms with Crippen LogP contribution in [-0.2, 0) is 9.53 Å². The van der Waals surface area contributed by atoms with Gasteiger partial charge in [0.2, 0.25) is 0 Å². The maximum atomic E-state index is 11.5. The number of carbonyl (C=O) groups is 1. The molecule has 1 aromatic rings. The normalized spacial score (nSPS) is 10.4. The summed E-state index contributed by atoms with van der Waals surface area (Å²) in [5.41, 5.74) is 7.61. The van der Waals surface area contributed by atoms with Crippen LogP contribution in [-0.4, -0.2) is 25.7 Å². The molecule has 0 aliphatic rings. The van der Waals surface area contributed by atoms with Crippen molar-refractivity contribution in [3.05, 3.63) is 24.3 Å². The van der Waals surface area contributed by atoms with Gasteiger partial charge in [-0.3, -0.25) is 4.79 Å². The summed E-state index contributed by atoms with van der Waals surface area (Å²) in [5.74, 6) is -0.133. The number of carbonyl (C=O) groups excluding carboxylic acids is 1. The lowest BCUT2D eigenvalue weighted by Gasteiger charge is -2.24. The van der Waals surface area contributed by atoms with Crippen LogP contribution in [0.3, 0.4) is 0 Å². The van der Waals surface area contributed by atoms with E-state index in [4.69, 9.17) is 10.5 Å². The highest BCUT2D eigenvalue weighted by Gasteiger charge is 2.09. The molecule has 0 amide bonds. The van der Waals surface area contributed by atoms with Crippen molar-refractivity contribution in [3.8, 4) is 0 Å². The van der Waals surface area contributed by atoms with Crippen LogP contribution in [0.2, 0.25) is 0 Å². The van der Waals surface area contributed by atoms with Crippen LogP contribution in [0.4, 0.5) is 11.4 Å². The Labute approximate surface area is 128 Å². The minimum Gasteiger partial charge on any atom is -0.466 e. The zero-order chi connectivity index (χ0) is 15.5. The zero-order valence-electron chi connectivity index (χ0n) is 13.3. The first-order valence-electron chi connectivity index (χ1n) is 7.93. The van der Waals surface area contributed by atoms with Gasteiger partial charge in [-0.15, -0.1) is 0 Å². The van der Waals surface area contributed by atoms with Gasteiger partial charge in [-0.25, -0.2) is 0 Å². The molecule has 0 saturated heterocycles. The first-order chi connectivity index (χ1) is 10.2. The molecule has 0 saturated carbocycles. The Balaban J connectivity index is 2.56. The SMILES string of the molecule is CCCCCCN(CCC(=O)OCC)c1ccc(N)cc1. The summed E-state index contributed by atoms with van der Waals surface area (Å²) in [4.78, 5) is 13.8. The van der Waals surface area contributed by atoms with Crippen molar-refractivity contribution in [2.45, 2.75) is 46.0 Å². The lowest BCUT2D eigenvalue weighted by Crippen LogP contribution is -2.27. The quantitative estimate of drug-likeness (QED) is 0.406. The lowest BCUT2D eigenvalue weighted by atomic mass is 10.2. The molecule has 4 nitrogen and oxygen atoms in total. The van der Waals surface area contributed by atoms with Crippen LogP contribution in [0.15, 0.2) is 24.3 Å². The van der Waals surface area contributed by atoms with Crippen molar-refractivity contribution in [2.75, 3.05) is 30.3 Å². The van der Waals surface area contributed by atoms with E-state index < -0.39 is 0 Å². The van der Waals surface area contributed by atoms with Crippen LogP contribution < -0.4 is 10.6 Å². The average Bonchev–Trinajstić information content (AvgIpc) is 2.48. The zero-order valence-corrected chi connectivity index (χ0v) is 13.3. The molecule has 0 unspecified atom stereocenters. The Kier molecular flexibility index (Phi) is 8.32. The fraction of sp³-hybridized carbons (Fsp3) is 0.588. The number of nitrogen functional groups attached to an aromatic ring is 1. The standard InChI is InChI=1S/C17H28N2O2/c1-3-5-6-7-13-19(14-12-17(20)21-4-2)16-10-8-15(18)9-11-16/h8-11H,3-7,12-14,18H2,1-2H3. The summed E-state index contributed by atoms with van der Waals surface area (Å²) in [7, 11) is 0. The number of esters is 1. The molecule has 2 N–H and O–H groups in total. The maximum absolute atomic E-state index is 11.5. The van der Waals surface area contributed by atoms with Gasteiger partial charge < -0.3 is 15.4 Å². The Morgan fingerprint density at radius 1 is 1.10 bits per heavy atom. The van der Waals surface area contributed by atoms with Gasteiger partial charge in [-0.1, -0.05) is 26.2 Å². The molecular formula is C17H28N2O2. The largest absolute Gasteiger partial charge is 0.466 e. The van der Waals surface area contributed by atoms with E-state index >= 15 is 0 Å². The summed E-state index contributed by atoms with van der Waals surface area (Å²) in [5, 5.41) is 0. The van der Waals surface area contributed by atoms with E-state index in [1.807, 2.05) is 31.2 Å². The van der Waals surface area contributed by atoms with E-state index in [9.17, 15) is 4.79 Å². The molecule has 118 valence electrons. The highest BCUT2D eigenvalue weighted by atomic mass is 16.5. The van der Waals surface area contributed by atoms with Gasteiger partial charge in [-0.2, -0.15) is 0 Å². The highest BCUT2D eigenvalue weighted by molar-refractivity contribution is 5.70. The molecule has 0 aliphatic heterocycles. The number of ether oxygens (including phenoxy) is 1. The fourth-order valence-electron chi connectivity index (χ4n) is 2.24. The van der Waals surface area contributed by atoms with Crippen LogP contribution in [0, 0.1) is 0 Å². The maximum Gasteiger partial charge on any atom is 0.307 e. The predicted octanol–water partition coefficient (Wildman–Crippen LogP) is 3.61. The van der Waals surface area contributed by atoms with E-state index in [0.717, 1.165) is 24.3 Å². The first-order valence-corrected chi connectivity index (χ1v) is 7.93. The Morgan fingerprint density at radius 3 is 2.43 bits per heavy atom. The van der Waals surface area contributed by atoms with Crippen molar-refractivity contribution >= 4 is 17.3 Å². The number of rotatable bonds is 10. The van der Waals surface area contributed by atoms with Gasteiger partial charge in [0.05, 0.1) is 13.0 Å². The monoisotopic (exact) mass is 292 g/mol. The lowest BCUT2D eigenvalue weighted by molar-refractivity contribution is -0.142. The van der Waals surface area contributed by atoms with E-state index in [-0.39, 0.29) is 5.97 Å². The van der Waals surface area contributed by atoms with Crippen molar-refractivity contribution in [1.82, 2.24) is 0 Å². The van der Waals surface area contributed by atoms with Crippen LogP contribution in [0.5, 0.6) is 0 Å². The summed E-state index contributed by atoms with van der Waals surface area (Å²) in [6.07, 6.45) is 5.27. The molecule has 0 atom stereocenters. The van der Waals surface area contributed by atoms with Crippen LogP contribution >= 0.6 is 0 Å². The van der Waals surface area contributed by atoms with Crippen LogP contribution in [0.1, 0.15) is 46.0 Å². The average molecular weight is 292 g/mol. The Morgan fingerprint density at radius 2 is 1.81 bits per heavy atom. The van der Waals surface area contributed by atoms with E-state index in [1.54, 1.807) is 0 Å². The molecule has 0 fully saturated rings. The van der Waals surface area contributed by atoms with Crippen molar-refractivity contribution in [3.63, 3.8) is 0 Å². The predicted molar refractivity (Wildman–Crippen MR) is 88.5 cm³/mol. The molecular weight excluding hydrogens is 264 g/mol. The molecule has 0 bridgehead atoms. The van der Waals surface area contributed by atoms with E-state index in [2.05, 4.69) is 11.8 Å². The topological polar surface area (TPSA) is 55.6 Å². The summed E-state index contributed by atoms with van der Waals surface area (Å²) in [6, 6.07) is 7.83. The van der Waals surface area contributed by atoms with E-state index in [1.165, 1.54) is 19.3 Å². The summed E-state index contributed by atoms with van der Waals surface area (Å²) in [6.45, 7) is 6.13. The number of hydrogen-bond acceptors (Lipinski definition) is 4. The second kappa shape index (κ2) is 10.1. The molecule has 1 rings (SSSR count). The van der Waals surface area contributed by atoms with Crippen LogP contribution in [0.25, 0.3) is 0 Å². The molecule has 21 heavy (non-hydrogen) atoms. The molecule has 1 aromatic carbocycles. The minimum absolute atomic E-state index is 0.133. The van der Waals surface area contributed by atoms with Crippen molar-refractivity contribution in [1.29, 1.82) is 0 Å². The third-order valence-corrected chi connectivity index (χ3v) is 3.43. The molecule has 0 spiro atoms. The fourth-order valence-corrected chi connectivity index (χ4v) is 2.24. The smallest absolute Gasteiger partial charge is 0.307 e. The Hall–Kier alpha value is -1.71. The number of nitrogens with two attached hydrogens (primary N) is 1. The van der Waals surface area contributed by atoms with Gasteiger partial charge >= 0.3 is 5.97 Å². The first kappa shape index (κ1) is 17.3. The summed E-state index contributed by atoms with van der Waals surface area (Å²) < 4.78 is 5.00. The number of hydrogen-bond donors (Lipinski definition) is 1. The number of benzene rings is 1. The van der Waals surface area contributed by atoms with Gasteiger partial charge in [0.25, 0.3) is 0 Å². The van der Waals surface area contributed by atoms with Gasteiger partial charge in [-0.05, 0) is 37.6 Å². The highest BCUT2D eigenvalue weighted by Crippen LogP contribution is 2.18. The van der Waals surface area contributed by atoms with Gasteiger partial charge in [0.1, 0.15) is 0 Å². The molecule has 4 heteroatoms. The van der Waals surface area contributed by atoms with Crippen molar-refractivity contribution in [2.24, 2.45) is 0 Å². The molecule has 0 radical (unpaired) electrons. The third kappa shape index (κ3) is 7.02. The summed E-state index contributed by atoms with van der Waals surface area (Å²) >= 11 is 0. The Bertz CT molecular complexity index is 404. The van der Waals surface area contributed by atoms with Gasteiger partial charge in [0.15, 0.2) is 0 Å². The number of anilines is 2. The minimum atomic E-state index is -0.133. The molecule has 0 heterocycles. The molecule has 0 aromatic heterocycles. The third-order valence-electron chi connectivity index (χ3n) is 3.43. The van der Waals surface area contributed by atoms with Gasteiger partial charge in [0, 0.05) is 24.5 Å². The number of nitrogens with zero attached hydrogens (tertiary/aromatic N) is 1. The van der Waals surface area contributed by atoms with Crippen molar-refractivity contribution < 1.29 is 9.53 Å². The number of unbranched alkanes of at least 4 members (excludes halogenated alkanes) is 3. The molecule has 0 aliphatic carbocycles. The second-order valence-corrected chi connectivity index (χ2v) is 5.19. The second-order valence-electron chi connectivity index (χ2n) is 5.19.